The summed E-state index contributed by atoms with van der Waals surface area (Å²) in [5.41, 5.74) is 5.16. The van der Waals surface area contributed by atoms with Gasteiger partial charge in [0, 0.05) is 12.5 Å². The number of rotatable bonds is 2. The minimum absolute atomic E-state index is 0.0147. The molecule has 0 aromatic rings. The highest BCUT2D eigenvalue weighted by atomic mass is 16.3. The number of carbonyl (C=O) groups excluding carboxylic acids is 1. The Morgan fingerprint density at radius 3 is 2.82 bits per heavy atom. The smallest absolute Gasteiger partial charge is 0.220 e. The van der Waals surface area contributed by atoms with Gasteiger partial charge < -0.3 is 10.8 Å². The van der Waals surface area contributed by atoms with Crippen LogP contribution < -0.4 is 5.73 Å². The first-order valence-corrected chi connectivity index (χ1v) is 4.14. The molecule has 0 bridgehead atoms. The molecule has 0 aliphatic heterocycles. The summed E-state index contributed by atoms with van der Waals surface area (Å²) in [6.45, 7) is 0.198. The summed E-state index contributed by atoms with van der Waals surface area (Å²) >= 11 is 0. The van der Waals surface area contributed by atoms with E-state index in [1.165, 1.54) is 0 Å². The van der Waals surface area contributed by atoms with Crippen LogP contribution in [0.5, 0.6) is 0 Å². The summed E-state index contributed by atoms with van der Waals surface area (Å²) in [5.74, 6) is 0.116. The molecule has 64 valence electrons. The summed E-state index contributed by atoms with van der Waals surface area (Å²) in [4.78, 5) is 10.8. The first kappa shape index (κ1) is 8.53. The van der Waals surface area contributed by atoms with Crippen molar-refractivity contribution in [2.24, 2.45) is 17.6 Å². The molecular weight excluding hydrogens is 142 g/mol. The van der Waals surface area contributed by atoms with Crippen LogP contribution in [0, 0.1) is 11.8 Å². The fourth-order valence-electron chi connectivity index (χ4n) is 1.72. The highest BCUT2D eigenvalue weighted by Gasteiger charge is 2.24. The third-order valence-electron chi connectivity index (χ3n) is 2.44. The number of aliphatic hydroxyl groups excluding tert-OH is 1. The van der Waals surface area contributed by atoms with Crippen molar-refractivity contribution >= 4 is 5.91 Å². The molecule has 1 amide bonds. The Bertz CT molecular complexity index is 147. The van der Waals surface area contributed by atoms with Gasteiger partial charge in [-0.1, -0.05) is 6.42 Å². The lowest BCUT2D eigenvalue weighted by molar-refractivity contribution is -0.123. The monoisotopic (exact) mass is 157 g/mol. The Morgan fingerprint density at radius 2 is 2.27 bits per heavy atom. The molecule has 0 aromatic heterocycles. The maximum atomic E-state index is 10.8. The Balaban J connectivity index is 2.39. The molecule has 1 fully saturated rings. The maximum Gasteiger partial charge on any atom is 0.220 e. The van der Waals surface area contributed by atoms with Gasteiger partial charge in [0.25, 0.3) is 0 Å². The molecule has 1 rings (SSSR count). The second-order valence-electron chi connectivity index (χ2n) is 3.31. The summed E-state index contributed by atoms with van der Waals surface area (Å²) in [6, 6.07) is 0. The molecule has 3 heteroatoms. The van der Waals surface area contributed by atoms with Crippen LogP contribution in [0.15, 0.2) is 0 Å². The van der Waals surface area contributed by atoms with Crippen LogP contribution in [0.3, 0.4) is 0 Å². The Hall–Kier alpha value is -0.570. The molecule has 3 nitrogen and oxygen atoms in total. The lowest BCUT2D eigenvalue weighted by Crippen LogP contribution is -2.29. The second-order valence-corrected chi connectivity index (χ2v) is 3.31. The second kappa shape index (κ2) is 3.72. The van der Waals surface area contributed by atoms with E-state index in [-0.39, 0.29) is 18.4 Å². The summed E-state index contributed by atoms with van der Waals surface area (Å²) in [7, 11) is 0. The van der Waals surface area contributed by atoms with Crippen molar-refractivity contribution in [1.82, 2.24) is 0 Å². The lowest BCUT2D eigenvalue weighted by atomic mass is 9.81. The Kier molecular flexibility index (Phi) is 2.88. The number of carbonyl (C=O) groups is 1. The van der Waals surface area contributed by atoms with Crippen LogP contribution in [-0.4, -0.2) is 17.6 Å². The zero-order chi connectivity index (χ0) is 8.27. The highest BCUT2D eigenvalue weighted by Crippen LogP contribution is 2.28. The Labute approximate surface area is 66.6 Å². The van der Waals surface area contributed by atoms with E-state index in [9.17, 15) is 4.79 Å². The van der Waals surface area contributed by atoms with Crippen LogP contribution in [0.2, 0.25) is 0 Å². The van der Waals surface area contributed by atoms with Crippen molar-refractivity contribution in [2.75, 3.05) is 6.61 Å². The van der Waals surface area contributed by atoms with Crippen molar-refractivity contribution in [3.8, 4) is 0 Å². The normalized spacial score (nSPS) is 31.7. The van der Waals surface area contributed by atoms with Gasteiger partial charge in [0.15, 0.2) is 0 Å². The van der Waals surface area contributed by atoms with Crippen LogP contribution >= 0.6 is 0 Å². The molecule has 1 saturated carbocycles. The van der Waals surface area contributed by atoms with Crippen LogP contribution in [0.25, 0.3) is 0 Å². The number of amides is 1. The minimum atomic E-state index is -0.205. The van der Waals surface area contributed by atoms with E-state index in [0.717, 1.165) is 25.7 Å². The molecule has 0 spiro atoms. The maximum absolute atomic E-state index is 10.8. The average molecular weight is 157 g/mol. The van der Waals surface area contributed by atoms with Gasteiger partial charge in [-0.25, -0.2) is 0 Å². The van der Waals surface area contributed by atoms with E-state index in [1.54, 1.807) is 0 Å². The number of primary amides is 1. The molecule has 0 unspecified atom stereocenters. The predicted octanol–water partition coefficient (Wildman–Crippen LogP) is 0.270. The molecule has 11 heavy (non-hydrogen) atoms. The fourth-order valence-corrected chi connectivity index (χ4v) is 1.72. The number of nitrogens with two attached hydrogens (primary N) is 1. The van der Waals surface area contributed by atoms with Gasteiger partial charge in [-0.2, -0.15) is 0 Å². The van der Waals surface area contributed by atoms with Gasteiger partial charge in [0.1, 0.15) is 0 Å². The van der Waals surface area contributed by atoms with Crippen molar-refractivity contribution in [3.05, 3.63) is 0 Å². The molecule has 0 saturated heterocycles. The van der Waals surface area contributed by atoms with Crippen molar-refractivity contribution in [1.29, 1.82) is 0 Å². The third-order valence-corrected chi connectivity index (χ3v) is 2.44. The van der Waals surface area contributed by atoms with Gasteiger partial charge in [0.05, 0.1) is 0 Å². The lowest BCUT2D eigenvalue weighted by Gasteiger charge is -2.25. The van der Waals surface area contributed by atoms with Crippen molar-refractivity contribution in [3.63, 3.8) is 0 Å². The summed E-state index contributed by atoms with van der Waals surface area (Å²) < 4.78 is 0. The van der Waals surface area contributed by atoms with Crippen molar-refractivity contribution in [2.45, 2.75) is 25.7 Å². The first-order chi connectivity index (χ1) is 5.24. The number of hydrogen-bond acceptors (Lipinski definition) is 2. The standard InChI is InChI=1S/C8H15NO2/c9-8(11)7-3-1-2-6(4-7)5-10/h6-7,10H,1-5H2,(H2,9,11)/t6-,7-/m1/s1. The molecule has 0 radical (unpaired) electrons. The molecule has 3 N–H and O–H groups in total. The van der Waals surface area contributed by atoms with E-state index in [2.05, 4.69) is 0 Å². The Morgan fingerprint density at radius 1 is 1.55 bits per heavy atom. The van der Waals surface area contributed by atoms with Gasteiger partial charge >= 0.3 is 0 Å². The molecule has 0 heterocycles. The first-order valence-electron chi connectivity index (χ1n) is 4.14. The van der Waals surface area contributed by atoms with E-state index in [4.69, 9.17) is 10.8 Å². The van der Waals surface area contributed by atoms with E-state index in [1.807, 2.05) is 0 Å². The van der Waals surface area contributed by atoms with Crippen LogP contribution in [0.1, 0.15) is 25.7 Å². The van der Waals surface area contributed by atoms with Gasteiger partial charge in [0.2, 0.25) is 5.91 Å². The zero-order valence-electron chi connectivity index (χ0n) is 6.62. The van der Waals surface area contributed by atoms with Crippen molar-refractivity contribution < 1.29 is 9.90 Å². The summed E-state index contributed by atoms with van der Waals surface area (Å²) in [5, 5.41) is 8.84. The third kappa shape index (κ3) is 2.19. The average Bonchev–Trinajstić information content (AvgIpc) is 2.05. The number of aliphatic hydroxyl groups is 1. The van der Waals surface area contributed by atoms with E-state index >= 15 is 0 Å². The fraction of sp³-hybridized carbons (Fsp3) is 0.875. The molecule has 1 aliphatic carbocycles. The van der Waals surface area contributed by atoms with Crippen LogP contribution in [0.4, 0.5) is 0 Å². The quantitative estimate of drug-likeness (QED) is 0.604. The van der Waals surface area contributed by atoms with E-state index < -0.39 is 0 Å². The predicted molar refractivity (Wildman–Crippen MR) is 41.7 cm³/mol. The summed E-state index contributed by atoms with van der Waals surface area (Å²) in [6.07, 6.45) is 3.76. The highest BCUT2D eigenvalue weighted by molar-refractivity contribution is 5.76. The van der Waals surface area contributed by atoms with Gasteiger partial charge in [-0.3, -0.25) is 4.79 Å². The molecular formula is C8H15NO2. The molecule has 0 aromatic carbocycles. The SMILES string of the molecule is NC(=O)[C@@H]1CCC[C@@H](CO)C1. The topological polar surface area (TPSA) is 63.3 Å². The van der Waals surface area contributed by atoms with Crippen LogP contribution in [-0.2, 0) is 4.79 Å². The van der Waals surface area contributed by atoms with Gasteiger partial charge in [-0.05, 0) is 25.2 Å². The van der Waals surface area contributed by atoms with E-state index in [0.29, 0.717) is 5.92 Å². The zero-order valence-corrected chi connectivity index (χ0v) is 6.62. The minimum Gasteiger partial charge on any atom is -0.396 e. The number of hydrogen-bond donors (Lipinski definition) is 2. The molecule has 1 aliphatic rings. The van der Waals surface area contributed by atoms with Gasteiger partial charge in [-0.15, -0.1) is 0 Å². The molecule has 2 atom stereocenters. The largest absolute Gasteiger partial charge is 0.396 e.